The number of carbonyl (C=O) groups excluding carboxylic acids is 1. The van der Waals surface area contributed by atoms with Crippen molar-refractivity contribution < 1.29 is 4.79 Å². The van der Waals surface area contributed by atoms with E-state index in [1.807, 2.05) is 29.2 Å². The normalized spacial score (nSPS) is 23.4. The number of piperidine rings is 1. The zero-order valence-electron chi connectivity index (χ0n) is 11.3. The summed E-state index contributed by atoms with van der Waals surface area (Å²) in [4.78, 5) is 14.4. The van der Waals surface area contributed by atoms with E-state index < -0.39 is 0 Å². The van der Waals surface area contributed by atoms with Crippen LogP contribution in [0.4, 0.5) is 0 Å². The van der Waals surface area contributed by atoms with Gasteiger partial charge in [0.15, 0.2) is 0 Å². The highest BCUT2D eigenvalue weighted by Gasteiger charge is 2.27. The molecule has 1 aromatic rings. The number of hydrogen-bond acceptors (Lipinski definition) is 2. The van der Waals surface area contributed by atoms with Crippen molar-refractivity contribution in [2.45, 2.75) is 32.2 Å². The van der Waals surface area contributed by atoms with Gasteiger partial charge in [-0.05, 0) is 49.9 Å². The van der Waals surface area contributed by atoms with E-state index >= 15 is 0 Å². The minimum atomic E-state index is 0.216. The zero-order chi connectivity index (χ0) is 13.8. The van der Waals surface area contributed by atoms with Crippen molar-refractivity contribution in [3.05, 3.63) is 34.3 Å². The molecule has 104 valence electrons. The Morgan fingerprint density at radius 3 is 2.68 bits per heavy atom. The van der Waals surface area contributed by atoms with Gasteiger partial charge in [-0.25, -0.2) is 0 Å². The molecule has 2 unspecified atom stereocenters. The maximum Gasteiger partial charge on any atom is 0.227 e. The van der Waals surface area contributed by atoms with Crippen molar-refractivity contribution in [2.24, 2.45) is 11.7 Å². The van der Waals surface area contributed by atoms with E-state index in [9.17, 15) is 4.79 Å². The summed E-state index contributed by atoms with van der Waals surface area (Å²) in [6, 6.07) is 8.29. The summed E-state index contributed by atoms with van der Waals surface area (Å²) in [6.45, 7) is 3.62. The van der Waals surface area contributed by atoms with Crippen LogP contribution in [0.2, 0.25) is 0 Å². The molecule has 1 fully saturated rings. The lowest BCUT2D eigenvalue weighted by molar-refractivity contribution is -0.134. The van der Waals surface area contributed by atoms with E-state index in [1.165, 1.54) is 0 Å². The highest BCUT2D eigenvalue weighted by Crippen LogP contribution is 2.22. The molecule has 2 rings (SSSR count). The second-order valence-electron chi connectivity index (χ2n) is 5.38. The fourth-order valence-corrected chi connectivity index (χ4v) is 2.86. The molecule has 1 heterocycles. The molecule has 19 heavy (non-hydrogen) atoms. The molecule has 0 saturated carbocycles. The van der Waals surface area contributed by atoms with E-state index in [2.05, 4.69) is 22.9 Å². The van der Waals surface area contributed by atoms with E-state index in [-0.39, 0.29) is 5.91 Å². The van der Waals surface area contributed by atoms with Gasteiger partial charge in [-0.1, -0.05) is 28.1 Å². The van der Waals surface area contributed by atoms with Crippen molar-refractivity contribution in [1.82, 2.24) is 4.90 Å². The number of likely N-dealkylation sites (tertiary alicyclic amines) is 1. The first-order chi connectivity index (χ1) is 9.10. The zero-order valence-corrected chi connectivity index (χ0v) is 12.9. The van der Waals surface area contributed by atoms with Gasteiger partial charge in [0.1, 0.15) is 0 Å². The predicted octanol–water partition coefficient (Wildman–Crippen LogP) is 2.58. The van der Waals surface area contributed by atoms with Crippen molar-refractivity contribution in [2.75, 3.05) is 13.1 Å². The Bertz CT molecular complexity index is 432. The first kappa shape index (κ1) is 14.5. The van der Waals surface area contributed by atoms with Crippen LogP contribution < -0.4 is 5.73 Å². The number of nitrogens with two attached hydrogens (primary N) is 1. The molecule has 1 saturated heterocycles. The summed E-state index contributed by atoms with van der Waals surface area (Å²) in [5, 5.41) is 0. The Labute approximate surface area is 123 Å². The summed E-state index contributed by atoms with van der Waals surface area (Å²) in [5.41, 5.74) is 6.80. The van der Waals surface area contributed by atoms with E-state index in [1.54, 1.807) is 0 Å². The lowest BCUT2D eigenvalue weighted by atomic mass is 9.93. The third kappa shape index (κ3) is 3.80. The number of hydrogen-bond donors (Lipinski definition) is 1. The van der Waals surface area contributed by atoms with Gasteiger partial charge < -0.3 is 10.6 Å². The van der Waals surface area contributed by atoms with Gasteiger partial charge >= 0.3 is 0 Å². The summed E-state index contributed by atoms with van der Waals surface area (Å²) in [6.07, 6.45) is 2.68. The number of nitrogens with zero attached hydrogens (tertiary/aromatic N) is 1. The lowest BCUT2D eigenvalue weighted by Gasteiger charge is -2.37. The fourth-order valence-electron chi connectivity index (χ4n) is 2.60. The minimum absolute atomic E-state index is 0.216. The maximum atomic E-state index is 12.4. The Balaban J connectivity index is 2.00. The summed E-state index contributed by atoms with van der Waals surface area (Å²) >= 11 is 3.41. The number of carbonyl (C=O) groups is 1. The average molecular weight is 325 g/mol. The molecule has 2 N–H and O–H groups in total. The van der Waals surface area contributed by atoms with Crippen LogP contribution in [-0.4, -0.2) is 29.9 Å². The highest BCUT2D eigenvalue weighted by molar-refractivity contribution is 9.10. The highest BCUT2D eigenvalue weighted by atomic mass is 79.9. The van der Waals surface area contributed by atoms with Gasteiger partial charge in [0.05, 0.1) is 6.42 Å². The predicted molar refractivity (Wildman–Crippen MR) is 80.8 cm³/mol. The van der Waals surface area contributed by atoms with E-state index in [4.69, 9.17) is 5.73 Å². The van der Waals surface area contributed by atoms with Crippen LogP contribution in [0, 0.1) is 5.92 Å². The number of halogens is 1. The second-order valence-corrected chi connectivity index (χ2v) is 6.29. The van der Waals surface area contributed by atoms with Gasteiger partial charge in [-0.3, -0.25) is 4.79 Å². The molecular formula is C15H21BrN2O. The van der Waals surface area contributed by atoms with Gasteiger partial charge in [-0.2, -0.15) is 0 Å². The molecule has 3 nitrogen and oxygen atoms in total. The van der Waals surface area contributed by atoms with Crippen molar-refractivity contribution in [3.8, 4) is 0 Å². The molecule has 0 radical (unpaired) electrons. The molecule has 0 spiro atoms. The molecule has 4 heteroatoms. The molecule has 1 amide bonds. The van der Waals surface area contributed by atoms with Crippen LogP contribution in [0.15, 0.2) is 28.7 Å². The molecule has 1 aliphatic rings. The largest absolute Gasteiger partial charge is 0.339 e. The van der Waals surface area contributed by atoms with Gasteiger partial charge in [-0.15, -0.1) is 0 Å². The standard InChI is InChI=1S/C15H21BrN2O/c1-11-2-3-13(9-17)10-18(11)15(19)8-12-4-6-14(16)7-5-12/h4-7,11,13H,2-3,8-10,17H2,1H3. The van der Waals surface area contributed by atoms with E-state index in [0.717, 1.165) is 29.4 Å². The molecule has 0 aromatic heterocycles. The average Bonchev–Trinajstić information content (AvgIpc) is 2.42. The molecule has 2 atom stereocenters. The summed E-state index contributed by atoms with van der Waals surface area (Å²) in [5.74, 6) is 0.679. The van der Waals surface area contributed by atoms with Crippen LogP contribution in [0.1, 0.15) is 25.3 Å². The Hall–Kier alpha value is -0.870. The molecule has 1 aliphatic heterocycles. The number of amides is 1. The topological polar surface area (TPSA) is 46.3 Å². The van der Waals surface area contributed by atoms with Gasteiger partial charge in [0, 0.05) is 17.1 Å². The Morgan fingerprint density at radius 2 is 2.05 bits per heavy atom. The molecule has 0 bridgehead atoms. The molecule has 1 aromatic carbocycles. The Morgan fingerprint density at radius 1 is 1.37 bits per heavy atom. The number of rotatable bonds is 3. The van der Waals surface area contributed by atoms with Crippen LogP contribution in [0.5, 0.6) is 0 Å². The van der Waals surface area contributed by atoms with Crippen LogP contribution in [0.25, 0.3) is 0 Å². The summed E-state index contributed by atoms with van der Waals surface area (Å²) < 4.78 is 1.04. The second kappa shape index (κ2) is 6.53. The van der Waals surface area contributed by atoms with Gasteiger partial charge in [0.25, 0.3) is 0 Å². The lowest BCUT2D eigenvalue weighted by Crippen LogP contribution is -2.47. The summed E-state index contributed by atoms with van der Waals surface area (Å²) in [7, 11) is 0. The first-order valence-corrected chi connectivity index (χ1v) is 7.63. The fraction of sp³-hybridized carbons (Fsp3) is 0.533. The smallest absolute Gasteiger partial charge is 0.227 e. The third-order valence-corrected chi connectivity index (χ3v) is 4.43. The quantitative estimate of drug-likeness (QED) is 0.928. The van der Waals surface area contributed by atoms with Gasteiger partial charge in [0.2, 0.25) is 5.91 Å². The van der Waals surface area contributed by atoms with Crippen LogP contribution in [-0.2, 0) is 11.2 Å². The van der Waals surface area contributed by atoms with Crippen molar-refractivity contribution >= 4 is 21.8 Å². The maximum absolute atomic E-state index is 12.4. The minimum Gasteiger partial charge on any atom is -0.339 e. The first-order valence-electron chi connectivity index (χ1n) is 6.84. The van der Waals surface area contributed by atoms with Crippen molar-refractivity contribution in [1.29, 1.82) is 0 Å². The number of benzene rings is 1. The van der Waals surface area contributed by atoms with Crippen LogP contribution >= 0.6 is 15.9 Å². The molecule has 0 aliphatic carbocycles. The van der Waals surface area contributed by atoms with E-state index in [0.29, 0.717) is 24.9 Å². The third-order valence-electron chi connectivity index (χ3n) is 3.90. The van der Waals surface area contributed by atoms with Crippen molar-refractivity contribution in [3.63, 3.8) is 0 Å². The SMILES string of the molecule is CC1CCC(CN)CN1C(=O)Cc1ccc(Br)cc1. The van der Waals surface area contributed by atoms with Crippen LogP contribution in [0.3, 0.4) is 0 Å². The Kier molecular flexibility index (Phi) is 4.99. The molecular weight excluding hydrogens is 304 g/mol. The monoisotopic (exact) mass is 324 g/mol.